The Morgan fingerprint density at radius 3 is 2.69 bits per heavy atom. The van der Waals surface area contributed by atoms with Gasteiger partial charge in [0.05, 0.1) is 17.9 Å². The zero-order chi connectivity index (χ0) is 29.6. The number of nitrogens with one attached hydrogen (secondary N) is 2. The summed E-state index contributed by atoms with van der Waals surface area (Å²) < 4.78 is 6.56. The number of benzene rings is 1. The van der Waals surface area contributed by atoms with Crippen LogP contribution in [0.2, 0.25) is 0 Å². The number of aryl methyl sites for hydroxylation is 1. The predicted molar refractivity (Wildman–Crippen MR) is 163 cm³/mol. The summed E-state index contributed by atoms with van der Waals surface area (Å²) in [6.07, 6.45) is 9.76. The van der Waals surface area contributed by atoms with Gasteiger partial charge in [-0.25, -0.2) is 0 Å². The van der Waals surface area contributed by atoms with Crippen molar-refractivity contribution in [1.29, 1.82) is 0 Å². The molecule has 4 aliphatic heterocycles. The van der Waals surface area contributed by atoms with E-state index in [-0.39, 0.29) is 23.8 Å². The topological polar surface area (TPSA) is 91.0 Å². The van der Waals surface area contributed by atoms with Gasteiger partial charge in [0.25, 0.3) is 0 Å². The number of carbonyl (C=O) groups excluding carboxylic acids is 3. The van der Waals surface area contributed by atoms with Crippen molar-refractivity contribution in [1.82, 2.24) is 15.1 Å². The highest BCUT2D eigenvalue weighted by Gasteiger charge is 2.72. The van der Waals surface area contributed by atoms with Crippen molar-refractivity contribution in [2.75, 3.05) is 31.5 Å². The minimum absolute atomic E-state index is 0.0755. The smallest absolute Gasteiger partial charge is 0.246 e. The van der Waals surface area contributed by atoms with Crippen molar-refractivity contribution < 1.29 is 19.1 Å². The Labute approximate surface area is 250 Å². The third kappa shape index (κ3) is 5.30. The van der Waals surface area contributed by atoms with Crippen LogP contribution in [-0.2, 0) is 19.1 Å². The first kappa shape index (κ1) is 29.4. The van der Waals surface area contributed by atoms with Gasteiger partial charge in [-0.15, -0.1) is 0 Å². The Bertz CT molecular complexity index is 1230. The SMILES string of the molecule is Cc1cccc(NC(=O)C2[C@@H]3C=CC4(O3)C(C(=O)NC3CCCC(C)C3C)N(CCCN3CCCC(C)C3)C(=O)[C@H]24)c1. The molecular formula is C34H48N4O4. The quantitative estimate of drug-likeness (QED) is 0.454. The molecule has 8 nitrogen and oxygen atoms in total. The Kier molecular flexibility index (Phi) is 8.22. The average Bonchev–Trinajstić information content (AvgIpc) is 3.59. The second kappa shape index (κ2) is 11.8. The number of amides is 3. The van der Waals surface area contributed by atoms with Crippen molar-refractivity contribution in [2.45, 2.75) is 90.0 Å². The van der Waals surface area contributed by atoms with Crippen LogP contribution in [0.5, 0.6) is 0 Å². The van der Waals surface area contributed by atoms with Crippen molar-refractivity contribution in [3.8, 4) is 0 Å². The molecule has 2 N–H and O–H groups in total. The van der Waals surface area contributed by atoms with Crippen LogP contribution in [0.25, 0.3) is 0 Å². The van der Waals surface area contributed by atoms with Crippen molar-refractivity contribution in [3.63, 3.8) is 0 Å². The van der Waals surface area contributed by atoms with E-state index in [4.69, 9.17) is 4.74 Å². The molecule has 5 aliphatic rings. The Morgan fingerprint density at radius 1 is 1.07 bits per heavy atom. The summed E-state index contributed by atoms with van der Waals surface area (Å²) in [4.78, 5) is 46.5. The first-order valence-electron chi connectivity index (χ1n) is 16.3. The number of likely N-dealkylation sites (tertiary alicyclic amines) is 2. The fourth-order valence-corrected chi connectivity index (χ4v) is 8.46. The van der Waals surface area contributed by atoms with Crippen LogP contribution in [0.3, 0.4) is 0 Å². The minimum atomic E-state index is -1.12. The number of fused-ring (bicyclic) bond motifs is 1. The number of piperidine rings is 1. The fraction of sp³-hybridized carbons (Fsp3) is 0.676. The van der Waals surface area contributed by atoms with Gasteiger partial charge in [-0.3, -0.25) is 14.4 Å². The standard InChI is InChI=1S/C34H48N4O4/c1-21-9-5-12-25(19-21)35-31(39)28-27-14-15-34(42-27)29(28)33(41)38(18-8-17-37-16-7-10-22(2)20-37)30(34)32(40)36-26-13-6-11-23(3)24(26)4/h5,9,12,14-15,19,22-24,26-30H,6-8,10-11,13,16-18,20H2,1-4H3,(H,35,39)(H,36,40)/t22?,23?,24?,26?,27-,28?,29-,30?,34?/m0/s1. The van der Waals surface area contributed by atoms with Crippen LogP contribution in [0.1, 0.15) is 64.9 Å². The third-order valence-electron chi connectivity index (χ3n) is 10.9. The van der Waals surface area contributed by atoms with Crippen LogP contribution >= 0.6 is 0 Å². The van der Waals surface area contributed by atoms with Gasteiger partial charge in [-0.1, -0.05) is 57.9 Å². The van der Waals surface area contributed by atoms with E-state index in [0.29, 0.717) is 30.0 Å². The van der Waals surface area contributed by atoms with E-state index in [1.54, 1.807) is 4.90 Å². The molecule has 0 aromatic heterocycles. The summed E-state index contributed by atoms with van der Waals surface area (Å²) >= 11 is 0. The Hall–Kier alpha value is -2.71. The number of nitrogens with zero attached hydrogens (tertiary/aromatic N) is 2. The maximum absolute atomic E-state index is 14.3. The fourth-order valence-electron chi connectivity index (χ4n) is 8.46. The van der Waals surface area contributed by atoms with E-state index in [2.05, 4.69) is 36.3 Å². The van der Waals surface area contributed by atoms with Crippen LogP contribution < -0.4 is 10.6 Å². The monoisotopic (exact) mass is 576 g/mol. The molecule has 3 saturated heterocycles. The molecule has 4 fully saturated rings. The number of anilines is 1. The molecular weight excluding hydrogens is 528 g/mol. The van der Waals surface area contributed by atoms with Gasteiger partial charge >= 0.3 is 0 Å². The number of hydrogen-bond donors (Lipinski definition) is 2. The number of rotatable bonds is 8. The molecule has 1 aromatic carbocycles. The molecule has 42 heavy (non-hydrogen) atoms. The van der Waals surface area contributed by atoms with Gasteiger partial charge in [-0.2, -0.15) is 0 Å². The summed E-state index contributed by atoms with van der Waals surface area (Å²) in [6, 6.07) is 6.96. The van der Waals surface area contributed by atoms with Gasteiger partial charge in [0, 0.05) is 24.8 Å². The summed E-state index contributed by atoms with van der Waals surface area (Å²) in [5, 5.41) is 6.39. The first-order chi connectivity index (χ1) is 20.2. The van der Waals surface area contributed by atoms with Crippen LogP contribution in [0.4, 0.5) is 5.69 Å². The van der Waals surface area contributed by atoms with Crippen LogP contribution in [0.15, 0.2) is 36.4 Å². The Balaban J connectivity index is 1.24. The van der Waals surface area contributed by atoms with E-state index < -0.39 is 29.6 Å². The number of carbonyl (C=O) groups is 3. The molecule has 1 saturated carbocycles. The second-order valence-corrected chi connectivity index (χ2v) is 13.9. The van der Waals surface area contributed by atoms with Gasteiger partial charge in [0.15, 0.2) is 0 Å². The molecule has 1 aromatic rings. The molecule has 1 aliphatic carbocycles. The predicted octanol–water partition coefficient (Wildman–Crippen LogP) is 4.15. The van der Waals surface area contributed by atoms with Gasteiger partial charge in [0.1, 0.15) is 11.6 Å². The lowest BCUT2D eigenvalue weighted by Gasteiger charge is -2.38. The third-order valence-corrected chi connectivity index (χ3v) is 10.9. The molecule has 8 heteroatoms. The van der Waals surface area contributed by atoms with Crippen LogP contribution in [0, 0.1) is 36.5 Å². The molecule has 7 unspecified atom stereocenters. The summed E-state index contributed by atoms with van der Waals surface area (Å²) in [5.74, 6) is -0.315. The van der Waals surface area contributed by atoms with E-state index in [1.165, 1.54) is 19.3 Å². The first-order valence-corrected chi connectivity index (χ1v) is 16.3. The molecule has 1 spiro atoms. The Morgan fingerprint density at radius 2 is 1.90 bits per heavy atom. The lowest BCUT2D eigenvalue weighted by Crippen LogP contribution is -2.58. The molecule has 2 bridgehead atoms. The van der Waals surface area contributed by atoms with Crippen molar-refractivity contribution in [2.24, 2.45) is 29.6 Å². The highest BCUT2D eigenvalue weighted by atomic mass is 16.5. The van der Waals surface area contributed by atoms with Crippen molar-refractivity contribution in [3.05, 3.63) is 42.0 Å². The van der Waals surface area contributed by atoms with E-state index in [0.717, 1.165) is 44.5 Å². The highest BCUT2D eigenvalue weighted by Crippen LogP contribution is 2.55. The minimum Gasteiger partial charge on any atom is -0.359 e. The maximum Gasteiger partial charge on any atom is 0.246 e. The number of ether oxygens (including phenoxy) is 1. The lowest BCUT2D eigenvalue weighted by molar-refractivity contribution is -0.141. The van der Waals surface area contributed by atoms with Gasteiger partial charge < -0.3 is 25.2 Å². The summed E-state index contributed by atoms with van der Waals surface area (Å²) in [5.41, 5.74) is 0.625. The molecule has 4 heterocycles. The summed E-state index contributed by atoms with van der Waals surface area (Å²) in [6.45, 7) is 12.3. The molecule has 0 radical (unpaired) electrons. The lowest BCUT2D eigenvalue weighted by atomic mass is 9.73. The summed E-state index contributed by atoms with van der Waals surface area (Å²) in [7, 11) is 0. The molecule has 3 amide bonds. The van der Waals surface area contributed by atoms with Gasteiger partial charge in [-0.05, 0) is 81.1 Å². The van der Waals surface area contributed by atoms with Crippen molar-refractivity contribution >= 4 is 23.4 Å². The van der Waals surface area contributed by atoms with E-state index in [1.807, 2.05) is 43.3 Å². The molecule has 228 valence electrons. The maximum atomic E-state index is 14.3. The van der Waals surface area contributed by atoms with E-state index in [9.17, 15) is 14.4 Å². The second-order valence-electron chi connectivity index (χ2n) is 13.9. The largest absolute Gasteiger partial charge is 0.359 e. The molecule has 9 atom stereocenters. The normalized spacial score (nSPS) is 37.6. The van der Waals surface area contributed by atoms with Gasteiger partial charge in [0.2, 0.25) is 17.7 Å². The number of hydrogen-bond acceptors (Lipinski definition) is 5. The zero-order valence-electron chi connectivity index (χ0n) is 25.7. The molecule has 6 rings (SSSR count). The zero-order valence-corrected chi connectivity index (χ0v) is 25.7. The highest BCUT2D eigenvalue weighted by molar-refractivity contribution is 6.02. The van der Waals surface area contributed by atoms with E-state index >= 15 is 0 Å². The average molecular weight is 577 g/mol. The van der Waals surface area contributed by atoms with Crippen LogP contribution in [-0.4, -0.2) is 77.5 Å².